The van der Waals surface area contributed by atoms with Crippen molar-refractivity contribution in [1.82, 2.24) is 10.2 Å². The van der Waals surface area contributed by atoms with E-state index < -0.39 is 62.4 Å². The van der Waals surface area contributed by atoms with Crippen LogP contribution in [-0.2, 0) is 38.8 Å². The lowest BCUT2D eigenvalue weighted by molar-refractivity contribution is -0.140. The molecule has 0 heterocycles. The number of halogens is 5. The highest BCUT2D eigenvalue weighted by Gasteiger charge is 2.37. The first kappa shape index (κ1) is 34.2. The van der Waals surface area contributed by atoms with Crippen LogP contribution in [-0.4, -0.2) is 49.5 Å². The van der Waals surface area contributed by atoms with Crippen molar-refractivity contribution in [3.05, 3.63) is 99.5 Å². The van der Waals surface area contributed by atoms with Gasteiger partial charge in [-0.25, -0.2) is 8.42 Å². The molecule has 0 aliphatic heterocycles. The van der Waals surface area contributed by atoms with E-state index in [9.17, 15) is 31.2 Å². The summed E-state index contributed by atoms with van der Waals surface area (Å²) in [4.78, 5) is 29.0. The number of amides is 2. The smallest absolute Gasteiger partial charge is 0.350 e. The fourth-order valence-electron chi connectivity index (χ4n) is 4.32. The summed E-state index contributed by atoms with van der Waals surface area (Å²) in [6.45, 7) is 4.24. The van der Waals surface area contributed by atoms with Crippen LogP contribution in [0.25, 0.3) is 0 Å². The average molecular weight is 659 g/mol. The lowest BCUT2D eigenvalue weighted by Crippen LogP contribution is -2.56. The van der Waals surface area contributed by atoms with Crippen LogP contribution in [0.4, 0.5) is 18.9 Å². The second-order valence-electron chi connectivity index (χ2n) is 11.0. The minimum atomic E-state index is -4.87. The summed E-state index contributed by atoms with van der Waals surface area (Å²) in [6, 6.07) is 17.0. The van der Waals surface area contributed by atoms with E-state index in [0.29, 0.717) is 21.0 Å². The predicted octanol–water partition coefficient (Wildman–Crippen LogP) is 6.33. The summed E-state index contributed by atoms with van der Waals surface area (Å²) in [5.41, 5.74) is -1.14. The summed E-state index contributed by atoms with van der Waals surface area (Å²) >= 11 is 12.2. The van der Waals surface area contributed by atoms with E-state index in [0.717, 1.165) is 24.0 Å². The summed E-state index contributed by atoms with van der Waals surface area (Å²) in [6.07, 6.45) is -4.03. The molecule has 0 unspecified atom stereocenters. The zero-order chi connectivity index (χ0) is 32.2. The van der Waals surface area contributed by atoms with Crippen LogP contribution in [0.5, 0.6) is 0 Å². The van der Waals surface area contributed by atoms with E-state index in [-0.39, 0.29) is 13.0 Å². The molecule has 0 saturated carbocycles. The van der Waals surface area contributed by atoms with Crippen molar-refractivity contribution in [2.24, 2.45) is 0 Å². The Labute approximate surface area is 259 Å². The van der Waals surface area contributed by atoms with Crippen LogP contribution in [0.15, 0.2) is 72.8 Å². The zero-order valence-electron chi connectivity index (χ0n) is 24.0. The van der Waals surface area contributed by atoms with E-state index in [1.807, 2.05) is 0 Å². The van der Waals surface area contributed by atoms with Gasteiger partial charge >= 0.3 is 6.18 Å². The van der Waals surface area contributed by atoms with Gasteiger partial charge in [0.2, 0.25) is 21.8 Å². The van der Waals surface area contributed by atoms with Crippen molar-refractivity contribution < 1.29 is 31.2 Å². The number of nitrogens with zero attached hydrogens (tertiary/aromatic N) is 2. The van der Waals surface area contributed by atoms with E-state index >= 15 is 0 Å². The van der Waals surface area contributed by atoms with Crippen molar-refractivity contribution in [3.8, 4) is 0 Å². The Morgan fingerprint density at radius 3 is 2.07 bits per heavy atom. The Hall–Kier alpha value is -3.28. The number of hydrogen-bond acceptors (Lipinski definition) is 4. The number of alkyl halides is 3. The molecular weight excluding hydrogens is 626 g/mol. The number of benzene rings is 3. The van der Waals surface area contributed by atoms with Crippen molar-refractivity contribution >= 4 is 50.7 Å². The Bertz CT molecular complexity index is 1560. The quantitative estimate of drug-likeness (QED) is 0.276. The molecule has 0 spiro atoms. The Morgan fingerprint density at radius 2 is 1.51 bits per heavy atom. The molecule has 7 nitrogen and oxygen atoms in total. The molecule has 0 saturated heterocycles. The zero-order valence-corrected chi connectivity index (χ0v) is 26.3. The molecular formula is C30H32Cl2F3N3O4S. The summed E-state index contributed by atoms with van der Waals surface area (Å²) in [5, 5.41) is 2.56. The Morgan fingerprint density at radius 1 is 0.907 bits per heavy atom. The number of nitrogens with one attached hydrogen (secondary N) is 1. The molecule has 232 valence electrons. The van der Waals surface area contributed by atoms with Gasteiger partial charge in [0, 0.05) is 23.5 Å². The van der Waals surface area contributed by atoms with Crippen molar-refractivity contribution in [3.63, 3.8) is 0 Å². The lowest BCUT2D eigenvalue weighted by atomic mass is 10.0. The van der Waals surface area contributed by atoms with Gasteiger partial charge < -0.3 is 10.2 Å². The summed E-state index contributed by atoms with van der Waals surface area (Å²) in [5.74, 6) is -1.34. The topological polar surface area (TPSA) is 86.8 Å². The minimum absolute atomic E-state index is 0.0665. The first-order valence-corrected chi connectivity index (χ1v) is 15.7. The molecule has 3 aromatic rings. The maximum Gasteiger partial charge on any atom is 0.417 e. The van der Waals surface area contributed by atoms with Gasteiger partial charge in [0.15, 0.2) is 0 Å². The van der Waals surface area contributed by atoms with Crippen LogP contribution in [0.1, 0.15) is 37.5 Å². The maximum absolute atomic E-state index is 14.1. The minimum Gasteiger partial charge on any atom is -0.350 e. The van der Waals surface area contributed by atoms with Crippen molar-refractivity contribution in [2.75, 3.05) is 17.1 Å². The van der Waals surface area contributed by atoms with E-state index in [1.54, 1.807) is 75.4 Å². The number of sulfonamides is 1. The normalized spacial score (nSPS) is 12.9. The van der Waals surface area contributed by atoms with E-state index in [4.69, 9.17) is 23.2 Å². The third-order valence-corrected chi connectivity index (χ3v) is 8.13. The molecule has 43 heavy (non-hydrogen) atoms. The average Bonchev–Trinajstić information content (AvgIpc) is 2.89. The number of rotatable bonds is 10. The monoisotopic (exact) mass is 657 g/mol. The first-order valence-electron chi connectivity index (χ1n) is 13.1. The number of carbonyl (C=O) groups excluding carboxylic acids is 2. The number of anilines is 1. The SMILES string of the molecule is CC(C)(C)NC(=O)[C@@H](Cc1ccccc1)N(Cc1ccccc1Cl)C(=O)CN(c1ccc(Cl)c(C(F)(F)F)c1)S(C)(=O)=O. The maximum atomic E-state index is 14.1. The Balaban J connectivity index is 2.13. The van der Waals surface area contributed by atoms with Gasteiger partial charge in [-0.05, 0) is 56.2 Å². The van der Waals surface area contributed by atoms with Crippen LogP contribution < -0.4 is 9.62 Å². The lowest BCUT2D eigenvalue weighted by Gasteiger charge is -2.35. The van der Waals surface area contributed by atoms with E-state index in [2.05, 4.69) is 5.32 Å². The molecule has 0 aromatic heterocycles. The summed E-state index contributed by atoms with van der Waals surface area (Å²) in [7, 11) is -4.29. The standard InChI is InChI=1S/C30H32Cl2F3N3O4S/c1-29(2,3)36-28(40)26(16-20-10-6-5-7-11-20)37(18-21-12-8-9-13-24(21)31)27(39)19-38(43(4,41)42)22-14-15-25(32)23(17-22)30(33,34)35/h5-15,17,26H,16,18-19H2,1-4H3,(H,36,40)/t26-/m1/s1. The van der Waals surface area contributed by atoms with Gasteiger partial charge in [0.25, 0.3) is 0 Å². The third kappa shape index (κ3) is 9.61. The molecule has 0 radical (unpaired) electrons. The van der Waals surface area contributed by atoms with Crippen LogP contribution in [0.3, 0.4) is 0 Å². The highest BCUT2D eigenvalue weighted by molar-refractivity contribution is 7.92. The molecule has 0 aliphatic carbocycles. The first-order chi connectivity index (χ1) is 19.9. The predicted molar refractivity (Wildman–Crippen MR) is 162 cm³/mol. The molecule has 1 atom stereocenters. The second-order valence-corrected chi connectivity index (χ2v) is 13.7. The molecule has 0 aliphatic rings. The molecule has 13 heteroatoms. The number of carbonyl (C=O) groups is 2. The van der Waals surface area contributed by atoms with Gasteiger partial charge in [-0.3, -0.25) is 13.9 Å². The molecule has 3 rings (SSSR count). The van der Waals surface area contributed by atoms with Gasteiger partial charge in [0.1, 0.15) is 12.6 Å². The van der Waals surface area contributed by atoms with Crippen LogP contribution >= 0.6 is 23.2 Å². The molecule has 0 fully saturated rings. The van der Waals surface area contributed by atoms with Crippen molar-refractivity contribution in [1.29, 1.82) is 0 Å². The summed E-state index contributed by atoms with van der Waals surface area (Å²) < 4.78 is 67.1. The highest BCUT2D eigenvalue weighted by atomic mass is 35.5. The number of hydrogen-bond donors (Lipinski definition) is 1. The fourth-order valence-corrected chi connectivity index (χ4v) is 5.58. The van der Waals surface area contributed by atoms with Gasteiger partial charge in [0.05, 0.1) is 22.5 Å². The third-order valence-electron chi connectivity index (χ3n) is 6.29. The van der Waals surface area contributed by atoms with Crippen LogP contribution in [0.2, 0.25) is 10.0 Å². The second kappa shape index (κ2) is 13.6. The molecule has 3 aromatic carbocycles. The fraction of sp³-hybridized carbons (Fsp3) is 0.333. The largest absolute Gasteiger partial charge is 0.417 e. The van der Waals surface area contributed by atoms with Gasteiger partial charge in [-0.2, -0.15) is 13.2 Å². The Kier molecular flexibility index (Phi) is 10.8. The van der Waals surface area contributed by atoms with Crippen molar-refractivity contribution in [2.45, 2.75) is 51.5 Å². The van der Waals surface area contributed by atoms with Gasteiger partial charge in [-0.1, -0.05) is 71.7 Å². The highest BCUT2D eigenvalue weighted by Crippen LogP contribution is 2.37. The van der Waals surface area contributed by atoms with Crippen LogP contribution in [0, 0.1) is 0 Å². The molecule has 1 N–H and O–H groups in total. The molecule has 0 bridgehead atoms. The van der Waals surface area contributed by atoms with Gasteiger partial charge in [-0.15, -0.1) is 0 Å². The molecule has 2 amide bonds. The van der Waals surface area contributed by atoms with E-state index in [1.165, 1.54) is 4.90 Å².